The van der Waals surface area contributed by atoms with Crippen LogP contribution in [0.3, 0.4) is 0 Å². The Balaban J connectivity index is 1.80. The number of rotatable bonds is 8. The van der Waals surface area contributed by atoms with E-state index in [4.69, 9.17) is 5.11 Å². The lowest BCUT2D eigenvalue weighted by Gasteiger charge is -2.08. The number of thiazole rings is 1. The molecule has 2 aromatic carbocycles. The molecule has 0 aliphatic heterocycles. The highest BCUT2D eigenvalue weighted by Crippen LogP contribution is 2.31. The van der Waals surface area contributed by atoms with Crippen LogP contribution in [0.5, 0.6) is 0 Å². The van der Waals surface area contributed by atoms with Crippen LogP contribution in [0.1, 0.15) is 27.1 Å². The van der Waals surface area contributed by atoms with Crippen molar-refractivity contribution in [1.82, 2.24) is 4.98 Å². The number of carboxylic acids is 2. The zero-order chi connectivity index (χ0) is 21.8. The van der Waals surface area contributed by atoms with E-state index in [1.165, 1.54) is 23.1 Å². The SMILES string of the molecule is O=C(O)CCSc1nc2ccc(NC(=O)c3ccc([N+](=O)[O-])cc3C(=O)O)cc2s1. The Morgan fingerprint density at radius 3 is 2.57 bits per heavy atom. The molecule has 3 rings (SSSR count). The summed E-state index contributed by atoms with van der Waals surface area (Å²) in [6, 6.07) is 7.93. The van der Waals surface area contributed by atoms with Gasteiger partial charge in [0.15, 0.2) is 4.34 Å². The molecule has 0 atom stereocenters. The Labute approximate surface area is 176 Å². The van der Waals surface area contributed by atoms with Crippen molar-refractivity contribution >= 4 is 62.5 Å². The maximum absolute atomic E-state index is 12.6. The predicted molar refractivity (Wildman–Crippen MR) is 111 cm³/mol. The van der Waals surface area contributed by atoms with Crippen LogP contribution in [0.25, 0.3) is 10.2 Å². The zero-order valence-corrected chi connectivity index (χ0v) is 16.7. The largest absolute Gasteiger partial charge is 0.481 e. The number of carbonyl (C=O) groups excluding carboxylic acids is 1. The van der Waals surface area contributed by atoms with Gasteiger partial charge in [0.1, 0.15) is 0 Å². The van der Waals surface area contributed by atoms with E-state index in [1.807, 2.05) is 0 Å². The number of aliphatic carboxylic acids is 1. The number of nitro groups is 1. The molecule has 1 aromatic heterocycles. The van der Waals surface area contributed by atoms with Gasteiger partial charge in [0.2, 0.25) is 0 Å². The van der Waals surface area contributed by atoms with E-state index in [0.29, 0.717) is 21.3 Å². The number of anilines is 1. The smallest absolute Gasteiger partial charge is 0.336 e. The van der Waals surface area contributed by atoms with E-state index < -0.39 is 34.0 Å². The number of hydrogen-bond donors (Lipinski definition) is 3. The average Bonchev–Trinajstić information content (AvgIpc) is 3.09. The van der Waals surface area contributed by atoms with Crippen molar-refractivity contribution in [1.29, 1.82) is 0 Å². The fraction of sp³-hybridized carbons (Fsp3) is 0.111. The first-order valence-electron chi connectivity index (χ1n) is 8.33. The van der Waals surface area contributed by atoms with E-state index in [-0.39, 0.29) is 12.0 Å². The molecule has 10 nitrogen and oxygen atoms in total. The van der Waals surface area contributed by atoms with Gasteiger partial charge in [0.05, 0.1) is 32.7 Å². The van der Waals surface area contributed by atoms with Crippen molar-refractivity contribution in [2.75, 3.05) is 11.1 Å². The van der Waals surface area contributed by atoms with E-state index in [2.05, 4.69) is 10.3 Å². The van der Waals surface area contributed by atoms with Gasteiger partial charge in [0.25, 0.3) is 11.6 Å². The highest BCUT2D eigenvalue weighted by Gasteiger charge is 2.21. The van der Waals surface area contributed by atoms with Crippen LogP contribution in [-0.4, -0.2) is 43.7 Å². The number of aromatic nitrogens is 1. The van der Waals surface area contributed by atoms with Crippen molar-refractivity contribution in [3.8, 4) is 0 Å². The minimum absolute atomic E-state index is 0.0169. The van der Waals surface area contributed by atoms with Gasteiger partial charge in [-0.05, 0) is 24.3 Å². The van der Waals surface area contributed by atoms with Crippen molar-refractivity contribution in [3.05, 3.63) is 57.6 Å². The molecule has 0 aliphatic rings. The Morgan fingerprint density at radius 2 is 1.90 bits per heavy atom. The molecule has 3 N–H and O–H groups in total. The molecule has 1 heterocycles. The number of fused-ring (bicyclic) bond motifs is 1. The van der Waals surface area contributed by atoms with Crippen LogP contribution < -0.4 is 5.32 Å². The van der Waals surface area contributed by atoms with Gasteiger partial charge >= 0.3 is 11.9 Å². The second kappa shape index (κ2) is 8.88. The van der Waals surface area contributed by atoms with Crippen molar-refractivity contribution in [2.45, 2.75) is 10.8 Å². The Hall–Kier alpha value is -3.51. The van der Waals surface area contributed by atoms with Gasteiger partial charge in [-0.15, -0.1) is 11.3 Å². The number of carboxylic acid groups (broad SMARTS) is 2. The third kappa shape index (κ3) is 4.90. The number of nitrogens with zero attached hydrogens (tertiary/aromatic N) is 2. The molecule has 0 fully saturated rings. The number of carbonyl (C=O) groups is 3. The first-order chi connectivity index (χ1) is 14.2. The lowest BCUT2D eigenvalue weighted by molar-refractivity contribution is -0.384. The molecule has 154 valence electrons. The quantitative estimate of drug-likeness (QED) is 0.265. The number of non-ortho nitro benzene ring substituents is 1. The van der Waals surface area contributed by atoms with Gasteiger partial charge in [-0.1, -0.05) is 11.8 Å². The second-order valence-electron chi connectivity index (χ2n) is 5.90. The molecule has 0 saturated carbocycles. The summed E-state index contributed by atoms with van der Waals surface area (Å²) in [7, 11) is 0. The molecule has 3 aromatic rings. The van der Waals surface area contributed by atoms with Crippen LogP contribution in [0.2, 0.25) is 0 Å². The topological polar surface area (TPSA) is 160 Å². The lowest BCUT2D eigenvalue weighted by Crippen LogP contribution is -2.16. The average molecular weight is 447 g/mol. The number of aromatic carboxylic acids is 1. The molecule has 0 unspecified atom stereocenters. The zero-order valence-electron chi connectivity index (χ0n) is 15.0. The summed E-state index contributed by atoms with van der Waals surface area (Å²) in [4.78, 5) is 49.1. The molecule has 1 amide bonds. The van der Waals surface area contributed by atoms with Crippen LogP contribution >= 0.6 is 23.1 Å². The maximum Gasteiger partial charge on any atom is 0.336 e. The fourth-order valence-electron chi connectivity index (χ4n) is 2.49. The van der Waals surface area contributed by atoms with Crippen LogP contribution in [0, 0.1) is 10.1 Å². The summed E-state index contributed by atoms with van der Waals surface area (Å²) in [5.74, 6) is -2.68. The summed E-state index contributed by atoms with van der Waals surface area (Å²) in [6.07, 6.45) is 0.0169. The molecule has 0 aliphatic carbocycles. The van der Waals surface area contributed by atoms with Crippen molar-refractivity contribution in [2.24, 2.45) is 0 Å². The first kappa shape index (κ1) is 21.2. The molecule has 30 heavy (non-hydrogen) atoms. The molecular weight excluding hydrogens is 434 g/mol. The standard InChI is InChI=1S/C18H13N3O7S2/c22-15(23)5-6-29-18-20-13-4-1-9(7-14(13)30-18)19-16(24)11-3-2-10(21(27)28)8-12(11)17(25)26/h1-4,7-8H,5-6H2,(H,19,24)(H,22,23)(H,25,26). The number of benzene rings is 2. The summed E-state index contributed by atoms with van der Waals surface area (Å²) < 4.78 is 1.45. The van der Waals surface area contributed by atoms with E-state index >= 15 is 0 Å². The van der Waals surface area contributed by atoms with Gasteiger partial charge in [0, 0.05) is 23.6 Å². The summed E-state index contributed by atoms with van der Waals surface area (Å²) in [6.45, 7) is 0. The highest BCUT2D eigenvalue weighted by molar-refractivity contribution is 8.01. The molecule has 12 heteroatoms. The molecular formula is C18H13N3O7S2. The van der Waals surface area contributed by atoms with Crippen LogP contribution in [-0.2, 0) is 4.79 Å². The van der Waals surface area contributed by atoms with Crippen LogP contribution in [0.15, 0.2) is 40.7 Å². The van der Waals surface area contributed by atoms with Gasteiger partial charge in [-0.2, -0.15) is 0 Å². The monoisotopic (exact) mass is 447 g/mol. The van der Waals surface area contributed by atoms with Gasteiger partial charge in [-0.25, -0.2) is 9.78 Å². The lowest BCUT2D eigenvalue weighted by atomic mass is 10.1. The normalized spacial score (nSPS) is 10.7. The Kier molecular flexibility index (Phi) is 6.28. The number of amides is 1. The fourth-order valence-corrected chi connectivity index (χ4v) is 4.59. The summed E-state index contributed by atoms with van der Waals surface area (Å²) >= 11 is 2.66. The minimum Gasteiger partial charge on any atom is -0.481 e. The van der Waals surface area contributed by atoms with E-state index in [1.54, 1.807) is 18.2 Å². The van der Waals surface area contributed by atoms with Gasteiger partial charge in [-0.3, -0.25) is 19.7 Å². The summed E-state index contributed by atoms with van der Waals surface area (Å²) in [5.41, 5.74) is -0.0339. The van der Waals surface area contributed by atoms with Crippen LogP contribution in [0.4, 0.5) is 11.4 Å². The molecule has 0 saturated heterocycles. The van der Waals surface area contributed by atoms with Gasteiger partial charge < -0.3 is 15.5 Å². The number of thioether (sulfide) groups is 1. The number of hydrogen-bond acceptors (Lipinski definition) is 8. The number of nitrogens with one attached hydrogen (secondary N) is 1. The Bertz CT molecular complexity index is 1180. The molecule has 0 radical (unpaired) electrons. The van der Waals surface area contributed by atoms with E-state index in [9.17, 15) is 29.6 Å². The van der Waals surface area contributed by atoms with Crippen molar-refractivity contribution < 1.29 is 29.5 Å². The minimum atomic E-state index is -1.45. The molecule has 0 bridgehead atoms. The second-order valence-corrected chi connectivity index (χ2v) is 8.27. The third-order valence-electron chi connectivity index (χ3n) is 3.86. The third-order valence-corrected chi connectivity index (χ3v) is 6.02. The van der Waals surface area contributed by atoms with Crippen molar-refractivity contribution in [3.63, 3.8) is 0 Å². The maximum atomic E-state index is 12.6. The number of nitro benzene ring substituents is 1. The van der Waals surface area contributed by atoms with E-state index in [0.717, 1.165) is 22.9 Å². The first-order valence-corrected chi connectivity index (χ1v) is 10.1. The Morgan fingerprint density at radius 1 is 1.13 bits per heavy atom. The predicted octanol–water partition coefficient (Wildman–Crippen LogP) is 3.72. The highest BCUT2D eigenvalue weighted by atomic mass is 32.2. The summed E-state index contributed by atoms with van der Waals surface area (Å²) in [5, 5.41) is 31.4. The molecule has 0 spiro atoms.